The van der Waals surface area contributed by atoms with Crippen molar-refractivity contribution in [3.05, 3.63) is 5.82 Å². The van der Waals surface area contributed by atoms with E-state index in [0.717, 1.165) is 23.9 Å². The highest BCUT2D eigenvalue weighted by Crippen LogP contribution is 2.09. The third-order valence-corrected chi connectivity index (χ3v) is 2.23. The molecule has 0 saturated heterocycles. The van der Waals surface area contributed by atoms with Gasteiger partial charge in [0, 0.05) is 31.5 Å². The van der Waals surface area contributed by atoms with Crippen LogP contribution in [-0.2, 0) is 6.42 Å². The Morgan fingerprint density at radius 3 is 2.75 bits per heavy atom. The SMILES string of the molecule is CNc1nc(CCN(C)C)ns1. The summed E-state index contributed by atoms with van der Waals surface area (Å²) in [5, 5.41) is 3.86. The first-order chi connectivity index (χ1) is 5.72. The Balaban J connectivity index is 2.41. The van der Waals surface area contributed by atoms with Crippen LogP contribution < -0.4 is 5.32 Å². The third kappa shape index (κ3) is 2.75. The van der Waals surface area contributed by atoms with Gasteiger partial charge in [0.1, 0.15) is 5.82 Å². The molecule has 0 spiro atoms. The highest BCUT2D eigenvalue weighted by Gasteiger charge is 2.01. The Bertz CT molecular complexity index is 233. The summed E-state index contributed by atoms with van der Waals surface area (Å²) in [5.74, 6) is 0.929. The molecular weight excluding hydrogens is 172 g/mol. The Kier molecular flexibility index (Phi) is 3.43. The Labute approximate surface area is 76.8 Å². The van der Waals surface area contributed by atoms with E-state index < -0.39 is 0 Å². The minimum Gasteiger partial charge on any atom is -0.363 e. The van der Waals surface area contributed by atoms with Crippen LogP contribution in [0.2, 0.25) is 0 Å². The fourth-order valence-electron chi connectivity index (χ4n) is 0.781. The molecule has 0 aliphatic carbocycles. The fourth-order valence-corrected chi connectivity index (χ4v) is 1.34. The molecule has 0 amide bonds. The van der Waals surface area contributed by atoms with E-state index >= 15 is 0 Å². The van der Waals surface area contributed by atoms with Crippen molar-refractivity contribution in [3.8, 4) is 0 Å². The van der Waals surface area contributed by atoms with Crippen LogP contribution in [0.25, 0.3) is 0 Å². The maximum atomic E-state index is 4.27. The van der Waals surface area contributed by atoms with Gasteiger partial charge in [-0.15, -0.1) is 0 Å². The Morgan fingerprint density at radius 2 is 2.25 bits per heavy atom. The van der Waals surface area contributed by atoms with Gasteiger partial charge < -0.3 is 10.2 Å². The molecule has 1 heterocycles. The summed E-state index contributed by atoms with van der Waals surface area (Å²) in [6.07, 6.45) is 0.922. The van der Waals surface area contributed by atoms with E-state index in [9.17, 15) is 0 Å². The lowest BCUT2D eigenvalue weighted by atomic mass is 10.4. The summed E-state index contributed by atoms with van der Waals surface area (Å²) in [5.41, 5.74) is 0. The molecular formula is C7H14N4S. The predicted octanol–water partition coefficient (Wildman–Crippen LogP) is 0.684. The maximum absolute atomic E-state index is 4.27. The predicted molar refractivity (Wildman–Crippen MR) is 51.7 cm³/mol. The number of hydrogen-bond donors (Lipinski definition) is 1. The van der Waals surface area contributed by atoms with E-state index in [1.807, 2.05) is 21.1 Å². The fraction of sp³-hybridized carbons (Fsp3) is 0.714. The summed E-state index contributed by atoms with van der Waals surface area (Å²) in [7, 11) is 5.95. The van der Waals surface area contributed by atoms with Crippen LogP contribution in [-0.4, -0.2) is 41.9 Å². The van der Waals surface area contributed by atoms with E-state index in [-0.39, 0.29) is 0 Å². The second kappa shape index (κ2) is 4.37. The molecule has 12 heavy (non-hydrogen) atoms. The normalized spacial score (nSPS) is 10.7. The number of anilines is 1. The van der Waals surface area contributed by atoms with Crippen molar-refractivity contribution in [1.82, 2.24) is 14.3 Å². The minimum atomic E-state index is 0.892. The van der Waals surface area contributed by atoms with Crippen LogP contribution in [0.3, 0.4) is 0 Å². The number of hydrogen-bond acceptors (Lipinski definition) is 5. The van der Waals surface area contributed by atoms with Gasteiger partial charge in [0.25, 0.3) is 0 Å². The van der Waals surface area contributed by atoms with E-state index in [0.29, 0.717) is 0 Å². The quantitative estimate of drug-likeness (QED) is 0.751. The molecule has 0 aliphatic rings. The van der Waals surface area contributed by atoms with Gasteiger partial charge in [0.15, 0.2) is 0 Å². The van der Waals surface area contributed by atoms with Crippen LogP contribution in [0.1, 0.15) is 5.82 Å². The first-order valence-corrected chi connectivity index (χ1v) is 4.65. The molecule has 1 aromatic rings. The van der Waals surface area contributed by atoms with Gasteiger partial charge in [-0.25, -0.2) is 4.98 Å². The summed E-state index contributed by atoms with van der Waals surface area (Å²) in [6.45, 7) is 1.000. The molecule has 0 unspecified atom stereocenters. The van der Waals surface area contributed by atoms with Gasteiger partial charge in [-0.2, -0.15) is 4.37 Å². The van der Waals surface area contributed by atoms with Crippen molar-refractivity contribution in [2.24, 2.45) is 0 Å². The van der Waals surface area contributed by atoms with E-state index in [1.165, 1.54) is 11.5 Å². The van der Waals surface area contributed by atoms with Crippen LogP contribution in [0.15, 0.2) is 0 Å². The molecule has 0 fully saturated rings. The maximum Gasteiger partial charge on any atom is 0.202 e. The van der Waals surface area contributed by atoms with Crippen LogP contribution in [0, 0.1) is 0 Å². The first kappa shape index (κ1) is 9.41. The molecule has 1 N–H and O–H groups in total. The molecule has 0 atom stereocenters. The zero-order valence-corrected chi connectivity index (χ0v) is 8.48. The molecule has 4 nitrogen and oxygen atoms in total. The van der Waals surface area contributed by atoms with Crippen molar-refractivity contribution in [2.75, 3.05) is 33.0 Å². The zero-order valence-electron chi connectivity index (χ0n) is 7.66. The summed E-state index contributed by atoms with van der Waals surface area (Å²) >= 11 is 1.41. The van der Waals surface area contributed by atoms with Crippen molar-refractivity contribution in [3.63, 3.8) is 0 Å². The Hall–Kier alpha value is -0.680. The smallest absolute Gasteiger partial charge is 0.202 e. The van der Waals surface area contributed by atoms with Gasteiger partial charge in [0.2, 0.25) is 5.13 Å². The highest BCUT2D eigenvalue weighted by atomic mass is 32.1. The number of nitrogens with one attached hydrogen (secondary N) is 1. The van der Waals surface area contributed by atoms with E-state index in [2.05, 4.69) is 19.6 Å². The number of nitrogens with zero attached hydrogens (tertiary/aromatic N) is 3. The zero-order chi connectivity index (χ0) is 8.97. The van der Waals surface area contributed by atoms with Gasteiger partial charge in [0.05, 0.1) is 0 Å². The number of rotatable bonds is 4. The summed E-state index contributed by atoms with van der Waals surface area (Å²) in [4.78, 5) is 6.40. The van der Waals surface area contributed by atoms with Gasteiger partial charge in [-0.3, -0.25) is 0 Å². The molecule has 0 bridgehead atoms. The highest BCUT2D eigenvalue weighted by molar-refractivity contribution is 7.09. The second-order valence-corrected chi connectivity index (χ2v) is 3.57. The number of aromatic nitrogens is 2. The van der Waals surface area contributed by atoms with E-state index in [1.54, 1.807) is 0 Å². The van der Waals surface area contributed by atoms with Crippen LogP contribution in [0.4, 0.5) is 5.13 Å². The molecule has 1 rings (SSSR count). The van der Waals surface area contributed by atoms with Gasteiger partial charge >= 0.3 is 0 Å². The first-order valence-electron chi connectivity index (χ1n) is 3.87. The molecule has 5 heteroatoms. The number of likely N-dealkylation sites (N-methyl/N-ethyl adjacent to an activating group) is 1. The van der Waals surface area contributed by atoms with Gasteiger partial charge in [-0.05, 0) is 14.1 Å². The van der Waals surface area contributed by atoms with Crippen molar-refractivity contribution < 1.29 is 0 Å². The average molecular weight is 186 g/mol. The van der Waals surface area contributed by atoms with Crippen LogP contribution >= 0.6 is 11.5 Å². The van der Waals surface area contributed by atoms with Gasteiger partial charge in [-0.1, -0.05) is 0 Å². The molecule has 0 aliphatic heterocycles. The summed E-state index contributed by atoms with van der Waals surface area (Å²) in [6, 6.07) is 0. The lowest BCUT2D eigenvalue weighted by Gasteiger charge is -2.05. The summed E-state index contributed by atoms with van der Waals surface area (Å²) < 4.78 is 4.20. The monoisotopic (exact) mass is 186 g/mol. The van der Waals surface area contributed by atoms with Crippen molar-refractivity contribution in [1.29, 1.82) is 0 Å². The molecule has 0 saturated carbocycles. The second-order valence-electron chi connectivity index (χ2n) is 2.82. The Morgan fingerprint density at radius 1 is 1.50 bits per heavy atom. The molecule has 0 aromatic carbocycles. The molecule has 68 valence electrons. The largest absolute Gasteiger partial charge is 0.363 e. The van der Waals surface area contributed by atoms with Crippen molar-refractivity contribution >= 4 is 16.7 Å². The lowest BCUT2D eigenvalue weighted by Crippen LogP contribution is -2.15. The van der Waals surface area contributed by atoms with Crippen molar-refractivity contribution in [2.45, 2.75) is 6.42 Å². The standard InChI is InChI=1S/C7H14N4S/c1-8-7-9-6(10-12-7)4-5-11(2)3/h4-5H2,1-3H3,(H,8,9,10). The molecule has 1 aromatic heterocycles. The minimum absolute atomic E-state index is 0.892. The average Bonchev–Trinajstić information content (AvgIpc) is 2.48. The molecule has 0 radical (unpaired) electrons. The lowest BCUT2D eigenvalue weighted by molar-refractivity contribution is 0.410. The topological polar surface area (TPSA) is 41.1 Å². The third-order valence-electron chi connectivity index (χ3n) is 1.46. The van der Waals surface area contributed by atoms with E-state index in [4.69, 9.17) is 0 Å². The van der Waals surface area contributed by atoms with Crippen LogP contribution in [0.5, 0.6) is 0 Å².